The normalized spacial score (nSPS) is 12.0. The third kappa shape index (κ3) is 99.4. The van der Waals surface area contributed by atoms with Crippen LogP contribution in [0.15, 0.2) is 24.3 Å². The molecule has 0 unspecified atom stereocenters. The van der Waals surface area contributed by atoms with E-state index in [0.29, 0.717) is 38.5 Å². The first-order valence-corrected chi connectivity index (χ1v) is 52.4. The predicted octanol–water partition coefficient (Wildman–Crippen LogP) is 34.0. The van der Waals surface area contributed by atoms with E-state index in [4.69, 9.17) is 28.4 Å². The minimum absolute atomic E-state index is 0.0672. The topological polar surface area (TPSA) is 158 Å². The fourth-order valence-corrected chi connectivity index (χ4v) is 15.6. The fourth-order valence-electron chi connectivity index (χ4n) is 15.6. The average Bonchev–Trinajstić information content (AvgIpc) is 0.946. The second-order valence-electron chi connectivity index (χ2n) is 35.6. The molecule has 0 aromatic heterocycles. The lowest BCUT2D eigenvalue weighted by Crippen LogP contribution is -2.30. The number of hydrogen-bond acceptors (Lipinski definition) is 12. The van der Waals surface area contributed by atoms with E-state index in [1.807, 2.05) is 0 Å². The van der Waals surface area contributed by atoms with Gasteiger partial charge in [-0.3, -0.25) is 28.8 Å². The average molecular weight is 1670 g/mol. The number of carbonyl (C=O) groups is 6. The SMILES string of the molecule is CCCCCCCC/C=C/CCCCCCCC(=O)OC[C@@H](COC(=O)CCCCCCCCCCCCCCC)OC(=O)CCCCCCCCCCCCCCC.CCCCCCCC/C=C/CCCCCCCC(=O)OC[C@H](COC(=O)CCCCCCCCCCCCCCC)OC(=O)CCCCCCCCCCCCCCC. The Labute approximate surface area is 732 Å². The summed E-state index contributed by atoms with van der Waals surface area (Å²) in [6, 6.07) is 0. The number of carbonyl (C=O) groups excluding carboxylic acids is 6. The van der Waals surface area contributed by atoms with E-state index >= 15 is 0 Å². The molecule has 0 saturated carbocycles. The second kappa shape index (κ2) is 102. The van der Waals surface area contributed by atoms with Gasteiger partial charge in [0.1, 0.15) is 26.4 Å². The monoisotopic (exact) mass is 1670 g/mol. The zero-order valence-corrected chi connectivity index (χ0v) is 79.6. The number of allylic oxidation sites excluding steroid dienone is 4. The Morgan fingerprint density at radius 2 is 0.280 bits per heavy atom. The fraction of sp³-hybridized carbons (Fsp3) is 0.906. The quantitative estimate of drug-likeness (QED) is 0.0246. The molecule has 118 heavy (non-hydrogen) atoms. The van der Waals surface area contributed by atoms with Crippen LogP contribution in [-0.4, -0.2) is 74.5 Å². The molecular weight excluding hydrogens is 1470 g/mol. The summed E-state index contributed by atoms with van der Waals surface area (Å²) in [5.41, 5.74) is 0. The standard InChI is InChI=1S/2C53H100O6/c2*1-4-7-10-13-16-19-22-25-26-29-31-34-37-40-43-46-52(55)58-49-50(59-53(56)47-44-41-38-35-32-28-24-21-18-15-12-9-6-3)48-57-51(54)45-42-39-36-33-30-27-23-20-17-14-11-8-5-2/h2*25-26,50H,4-24,27-49H2,1-3H3/b2*26-25+/t2*50-/m10/s1. The third-order valence-corrected chi connectivity index (χ3v) is 23.5. The van der Waals surface area contributed by atoms with E-state index in [1.165, 1.54) is 372 Å². The zero-order chi connectivity index (χ0) is 85.9. The number of unbranched alkanes of at least 4 members (excludes halogenated alkanes) is 70. The number of ether oxygens (including phenoxy) is 6. The highest BCUT2D eigenvalue weighted by atomic mass is 16.6. The van der Waals surface area contributed by atoms with Crippen molar-refractivity contribution in [3.63, 3.8) is 0 Å². The molecule has 0 saturated heterocycles. The van der Waals surface area contributed by atoms with Gasteiger partial charge in [0.05, 0.1) is 0 Å². The smallest absolute Gasteiger partial charge is 0.306 e. The maximum absolute atomic E-state index is 12.8. The maximum Gasteiger partial charge on any atom is 0.306 e. The van der Waals surface area contributed by atoms with Crippen LogP contribution < -0.4 is 0 Å². The largest absolute Gasteiger partial charge is 0.462 e. The highest BCUT2D eigenvalue weighted by Gasteiger charge is 2.22. The third-order valence-electron chi connectivity index (χ3n) is 23.5. The molecule has 0 aromatic carbocycles. The molecule has 0 radical (unpaired) electrons. The molecule has 0 aliphatic heterocycles. The Bertz CT molecular complexity index is 1980. The summed E-state index contributed by atoms with van der Waals surface area (Å²) in [4.78, 5) is 75.9. The molecular formula is C106H200O12. The number of rotatable bonds is 96. The molecule has 0 heterocycles. The predicted molar refractivity (Wildman–Crippen MR) is 504 cm³/mol. The van der Waals surface area contributed by atoms with Crippen molar-refractivity contribution in [2.45, 2.75) is 593 Å². The van der Waals surface area contributed by atoms with Gasteiger partial charge in [-0.2, -0.15) is 0 Å². The molecule has 2 atom stereocenters. The van der Waals surface area contributed by atoms with Crippen LogP contribution in [0.2, 0.25) is 0 Å². The van der Waals surface area contributed by atoms with Crippen LogP contribution >= 0.6 is 0 Å². The van der Waals surface area contributed by atoms with Crippen molar-refractivity contribution in [3.8, 4) is 0 Å². The molecule has 12 heteroatoms. The van der Waals surface area contributed by atoms with Gasteiger partial charge in [0.25, 0.3) is 0 Å². The van der Waals surface area contributed by atoms with E-state index in [0.717, 1.165) is 128 Å². The Kier molecular flexibility index (Phi) is 101. The van der Waals surface area contributed by atoms with E-state index in [1.54, 1.807) is 0 Å². The molecule has 0 bridgehead atoms. The molecule has 0 aliphatic rings. The van der Waals surface area contributed by atoms with Crippen molar-refractivity contribution in [1.29, 1.82) is 0 Å². The zero-order valence-electron chi connectivity index (χ0n) is 79.6. The highest BCUT2D eigenvalue weighted by molar-refractivity contribution is 5.72. The molecule has 0 spiro atoms. The Hall–Kier alpha value is -3.70. The van der Waals surface area contributed by atoms with Gasteiger partial charge in [-0.25, -0.2) is 0 Å². The minimum Gasteiger partial charge on any atom is -0.462 e. The van der Waals surface area contributed by atoms with Crippen LogP contribution in [0.1, 0.15) is 581 Å². The van der Waals surface area contributed by atoms with Crippen molar-refractivity contribution in [2.24, 2.45) is 0 Å². The van der Waals surface area contributed by atoms with Gasteiger partial charge in [-0.05, 0) is 89.9 Å². The summed E-state index contributed by atoms with van der Waals surface area (Å²) in [5.74, 6) is -1.72. The van der Waals surface area contributed by atoms with Gasteiger partial charge in [0, 0.05) is 38.5 Å². The van der Waals surface area contributed by atoms with E-state index in [2.05, 4.69) is 65.8 Å². The Balaban J connectivity index is 0. The number of esters is 6. The lowest BCUT2D eigenvalue weighted by Gasteiger charge is -2.18. The van der Waals surface area contributed by atoms with Gasteiger partial charge in [-0.15, -0.1) is 0 Å². The molecule has 0 aromatic rings. The van der Waals surface area contributed by atoms with E-state index < -0.39 is 12.2 Å². The summed E-state index contributed by atoms with van der Waals surface area (Å²) in [7, 11) is 0. The van der Waals surface area contributed by atoms with Gasteiger partial charge in [0.15, 0.2) is 12.2 Å². The first kappa shape index (κ1) is 116. The van der Waals surface area contributed by atoms with Crippen molar-refractivity contribution in [1.82, 2.24) is 0 Å². The first-order valence-electron chi connectivity index (χ1n) is 52.4. The summed E-state index contributed by atoms with van der Waals surface area (Å²) < 4.78 is 33.6. The van der Waals surface area contributed by atoms with Gasteiger partial charge >= 0.3 is 35.8 Å². The van der Waals surface area contributed by atoms with Gasteiger partial charge < -0.3 is 28.4 Å². The van der Waals surface area contributed by atoms with Gasteiger partial charge in [-0.1, -0.05) is 477 Å². The second-order valence-corrected chi connectivity index (χ2v) is 35.6. The Morgan fingerprint density at radius 3 is 0.424 bits per heavy atom. The highest BCUT2D eigenvalue weighted by Crippen LogP contribution is 2.21. The Morgan fingerprint density at radius 1 is 0.161 bits per heavy atom. The maximum atomic E-state index is 12.8. The van der Waals surface area contributed by atoms with Crippen LogP contribution in [0.3, 0.4) is 0 Å². The summed E-state index contributed by atoms with van der Waals surface area (Å²) in [6.07, 6.45) is 107. The lowest BCUT2D eigenvalue weighted by molar-refractivity contribution is -0.167. The summed E-state index contributed by atoms with van der Waals surface area (Å²) in [6.45, 7) is 13.3. The summed E-state index contributed by atoms with van der Waals surface area (Å²) >= 11 is 0. The molecule has 0 aliphatic carbocycles. The first-order chi connectivity index (χ1) is 58.1. The van der Waals surface area contributed by atoms with Crippen LogP contribution in [0.5, 0.6) is 0 Å². The van der Waals surface area contributed by atoms with Crippen LogP contribution in [0.4, 0.5) is 0 Å². The number of hydrogen-bond donors (Lipinski definition) is 0. The van der Waals surface area contributed by atoms with Crippen LogP contribution in [-0.2, 0) is 57.2 Å². The van der Waals surface area contributed by atoms with Crippen LogP contribution in [0, 0.1) is 0 Å². The molecule has 12 nitrogen and oxygen atoms in total. The van der Waals surface area contributed by atoms with Crippen molar-refractivity contribution < 1.29 is 57.2 Å². The van der Waals surface area contributed by atoms with Crippen molar-refractivity contribution >= 4 is 35.8 Å². The van der Waals surface area contributed by atoms with E-state index in [-0.39, 0.29) is 62.2 Å². The van der Waals surface area contributed by atoms with E-state index in [9.17, 15) is 28.8 Å². The van der Waals surface area contributed by atoms with Gasteiger partial charge in [0.2, 0.25) is 0 Å². The molecule has 0 N–H and O–H groups in total. The molecule has 696 valence electrons. The molecule has 0 rings (SSSR count). The molecule has 0 fully saturated rings. The van der Waals surface area contributed by atoms with Crippen molar-refractivity contribution in [3.05, 3.63) is 24.3 Å². The molecule has 0 amide bonds. The van der Waals surface area contributed by atoms with Crippen molar-refractivity contribution in [2.75, 3.05) is 26.4 Å². The summed E-state index contributed by atoms with van der Waals surface area (Å²) in [5, 5.41) is 0. The lowest BCUT2D eigenvalue weighted by atomic mass is 10.0. The minimum atomic E-state index is -0.766. The van der Waals surface area contributed by atoms with Crippen LogP contribution in [0.25, 0.3) is 0 Å².